The van der Waals surface area contributed by atoms with Gasteiger partial charge >= 0.3 is 23.8 Å². The number of ether oxygens (including phenoxy) is 4. The van der Waals surface area contributed by atoms with E-state index in [1.807, 2.05) is 13.8 Å². The van der Waals surface area contributed by atoms with E-state index in [4.69, 9.17) is 43.6 Å². The molecule has 0 aliphatic carbocycles. The molecule has 0 N–H and O–H groups in total. The van der Waals surface area contributed by atoms with Crippen LogP contribution in [0.1, 0.15) is 54.4 Å². The zero-order valence-electron chi connectivity index (χ0n) is 40.3. The van der Waals surface area contributed by atoms with Gasteiger partial charge in [-0.3, -0.25) is 0 Å². The van der Waals surface area contributed by atoms with E-state index in [1.54, 1.807) is 13.8 Å². The van der Waals surface area contributed by atoms with Crippen LogP contribution in [0.15, 0.2) is 24.3 Å². The Balaban J connectivity index is 6.63. The highest BCUT2D eigenvalue weighted by molar-refractivity contribution is 6.91. The predicted octanol–water partition coefficient (Wildman–Crippen LogP) is 12.3. The van der Waals surface area contributed by atoms with E-state index in [9.17, 15) is 4.79 Å². The molecule has 19 heteroatoms. The Labute approximate surface area is 352 Å². The van der Waals surface area contributed by atoms with Crippen LogP contribution in [0.25, 0.3) is 0 Å². The van der Waals surface area contributed by atoms with Gasteiger partial charge in [0, 0.05) is 0 Å². The molecular weight excluding hydrogens is 845 g/mol. The molecule has 0 aromatic carbocycles. The minimum Gasteiger partial charge on any atom is -0.417 e. The van der Waals surface area contributed by atoms with Gasteiger partial charge < -0.3 is 43.6 Å². The van der Waals surface area contributed by atoms with Crippen molar-refractivity contribution in [3.05, 3.63) is 24.3 Å². The molecule has 0 saturated carbocycles. The molecule has 0 fully saturated rings. The van der Waals surface area contributed by atoms with Crippen LogP contribution < -0.4 is 0 Å². The number of hydrogen-bond donors (Lipinski definition) is 0. The third-order valence-electron chi connectivity index (χ3n) is 7.38. The summed E-state index contributed by atoms with van der Waals surface area (Å²) in [6.45, 7) is 58.8. The third kappa shape index (κ3) is 21.6. The third-order valence-corrected chi connectivity index (χ3v) is 32.1. The fraction of sp³-hybridized carbons (Fsp3) is 0.865. The molecule has 56 heavy (non-hydrogen) atoms. The van der Waals surface area contributed by atoms with Crippen LogP contribution in [-0.2, 0) is 43.6 Å². The molecule has 6 unspecified atom stereocenters. The van der Waals surface area contributed by atoms with Crippen LogP contribution in [-0.4, -0.2) is 98.5 Å². The second kappa shape index (κ2) is 21.3. The van der Waals surface area contributed by atoms with E-state index in [2.05, 4.69) is 145 Å². The first kappa shape index (κ1) is 56.2. The largest absolute Gasteiger partial charge is 0.512 e. The van der Waals surface area contributed by atoms with Gasteiger partial charge in [-0.05, 0) is 158 Å². The Morgan fingerprint density at radius 3 is 0.786 bits per heavy atom. The molecule has 0 aliphatic heterocycles. The number of rotatable bonds is 26. The minimum absolute atomic E-state index is 0.281. The van der Waals surface area contributed by atoms with Crippen molar-refractivity contribution >= 4 is 73.7 Å². The lowest BCUT2D eigenvalue weighted by molar-refractivity contribution is -0.172. The Bertz CT molecular complexity index is 1090. The van der Waals surface area contributed by atoms with Gasteiger partial charge in [0.05, 0.1) is 23.3 Å². The van der Waals surface area contributed by atoms with Crippen LogP contribution in [0.2, 0.25) is 129 Å². The fourth-order valence-corrected chi connectivity index (χ4v) is 36.2. The summed E-state index contributed by atoms with van der Waals surface area (Å²) in [4.78, 5) is 13.4. The fourth-order valence-electron chi connectivity index (χ4n) is 6.31. The SMILES string of the molecule is C=C(C)C(OC(C)OC(=O)OC(C)OC(C(=C)C)C(CC)[Si](O[Si](C)(C)C)(O[Si](C)(C)C)O[Si](C)(C)C)C(CC)[Si](O[Si](C)(C)C)(O[Si](C)(C)C)O[Si](C)(C)C. The summed E-state index contributed by atoms with van der Waals surface area (Å²) in [6, 6.07) is 0. The Kier molecular flexibility index (Phi) is 21.4. The molecule has 0 radical (unpaired) electrons. The summed E-state index contributed by atoms with van der Waals surface area (Å²) in [5.74, 6) is 0. The smallest absolute Gasteiger partial charge is 0.417 e. The quantitative estimate of drug-likeness (QED) is 0.0358. The molecule has 11 nitrogen and oxygen atoms in total. The number of carbonyl (C=O) groups is 1. The van der Waals surface area contributed by atoms with Crippen molar-refractivity contribution in [2.45, 2.75) is 208 Å². The van der Waals surface area contributed by atoms with E-state index in [0.717, 1.165) is 11.1 Å². The molecule has 0 saturated heterocycles. The highest BCUT2D eigenvalue weighted by atomic mass is 28.5. The van der Waals surface area contributed by atoms with Crippen LogP contribution in [0.3, 0.4) is 0 Å². The average molecular weight is 932 g/mol. The summed E-state index contributed by atoms with van der Waals surface area (Å²) in [5, 5.41) is 0. The molecule has 0 aromatic rings. The Morgan fingerprint density at radius 1 is 0.446 bits per heavy atom. The van der Waals surface area contributed by atoms with E-state index in [-0.39, 0.29) is 11.1 Å². The molecule has 0 rings (SSSR count). The average Bonchev–Trinajstić information content (AvgIpc) is 2.86. The van der Waals surface area contributed by atoms with Crippen LogP contribution in [0.5, 0.6) is 0 Å². The maximum Gasteiger partial charge on any atom is 0.512 e. The van der Waals surface area contributed by atoms with Crippen molar-refractivity contribution in [1.29, 1.82) is 0 Å². The van der Waals surface area contributed by atoms with Crippen molar-refractivity contribution in [3.63, 3.8) is 0 Å². The van der Waals surface area contributed by atoms with Gasteiger partial charge in [-0.2, -0.15) is 0 Å². The molecule has 0 aliphatic rings. The molecule has 6 atom stereocenters. The van der Waals surface area contributed by atoms with E-state index >= 15 is 0 Å². The zero-order valence-corrected chi connectivity index (χ0v) is 48.3. The second-order valence-corrected chi connectivity index (χ2v) is 55.1. The van der Waals surface area contributed by atoms with Crippen molar-refractivity contribution in [2.24, 2.45) is 0 Å². The van der Waals surface area contributed by atoms with E-state index in [0.29, 0.717) is 12.8 Å². The standard InChI is InChI=1S/C37H86O11Si8/c1-27-33(55(43-49(9,10)11,44-50(12,13)14)45-51(15,16)17)35(29(3)4)39-31(7)41-37(38)42-32(8)40-36(30(5)6)34(28-2)56(46-52(18,19)20,47-53(21,22)23)48-54(24,25)26/h31-36H,3,5,27-28H2,1-2,4,6-26H3. The zero-order chi connectivity index (χ0) is 44.7. The minimum atomic E-state index is -3.42. The lowest BCUT2D eigenvalue weighted by Crippen LogP contribution is -2.65. The van der Waals surface area contributed by atoms with Gasteiger partial charge in [0.2, 0.25) is 12.6 Å². The Hall–Kier alpha value is 0.165. The molecule has 332 valence electrons. The van der Waals surface area contributed by atoms with Gasteiger partial charge in [-0.25, -0.2) is 4.79 Å². The maximum absolute atomic E-state index is 13.4. The lowest BCUT2D eigenvalue weighted by atomic mass is 10.1. The van der Waals surface area contributed by atoms with Crippen LogP contribution in [0, 0.1) is 0 Å². The molecule has 0 heterocycles. The first-order valence-corrected chi connectivity index (χ1v) is 44.4. The monoisotopic (exact) mass is 930 g/mol. The Morgan fingerprint density at radius 2 is 0.643 bits per heavy atom. The predicted molar refractivity (Wildman–Crippen MR) is 252 cm³/mol. The molecule has 0 spiro atoms. The first-order chi connectivity index (χ1) is 24.7. The topological polar surface area (TPSA) is 109 Å². The molecule has 0 aromatic heterocycles. The summed E-state index contributed by atoms with van der Waals surface area (Å²) >= 11 is 0. The van der Waals surface area contributed by atoms with Crippen LogP contribution >= 0.6 is 0 Å². The highest BCUT2D eigenvalue weighted by Crippen LogP contribution is 2.43. The van der Waals surface area contributed by atoms with Crippen molar-refractivity contribution in [1.82, 2.24) is 0 Å². The second-order valence-electron chi connectivity index (χ2n) is 21.0. The summed E-state index contributed by atoms with van der Waals surface area (Å²) in [6.07, 6.45) is -2.76. The lowest BCUT2D eigenvalue weighted by Gasteiger charge is -2.48. The maximum atomic E-state index is 13.4. The summed E-state index contributed by atoms with van der Waals surface area (Å²) in [5.41, 5.74) is 0.958. The van der Waals surface area contributed by atoms with Crippen molar-refractivity contribution in [3.8, 4) is 0 Å². The molecular formula is C37H86O11Si8. The van der Waals surface area contributed by atoms with E-state index in [1.165, 1.54) is 0 Å². The van der Waals surface area contributed by atoms with Crippen molar-refractivity contribution < 1.29 is 48.4 Å². The van der Waals surface area contributed by atoms with Gasteiger partial charge in [0.1, 0.15) is 0 Å². The normalized spacial score (nSPS) is 17.4. The highest BCUT2D eigenvalue weighted by Gasteiger charge is 2.60. The first-order valence-electron chi connectivity index (χ1n) is 20.4. The number of hydrogen-bond acceptors (Lipinski definition) is 11. The van der Waals surface area contributed by atoms with Crippen molar-refractivity contribution in [2.75, 3.05) is 0 Å². The van der Waals surface area contributed by atoms with E-state index < -0.39 is 98.5 Å². The van der Waals surface area contributed by atoms with Gasteiger partial charge in [-0.15, -0.1) is 0 Å². The summed E-state index contributed by atoms with van der Waals surface area (Å²) < 4.78 is 67.1. The van der Waals surface area contributed by atoms with Crippen LogP contribution in [0.4, 0.5) is 4.79 Å². The number of carbonyl (C=O) groups excluding carboxylic acids is 1. The van der Waals surface area contributed by atoms with Gasteiger partial charge in [0.15, 0.2) is 49.9 Å². The summed E-state index contributed by atoms with van der Waals surface area (Å²) in [7, 11) is -20.0. The molecule has 0 bridgehead atoms. The van der Waals surface area contributed by atoms with Gasteiger partial charge in [-0.1, -0.05) is 38.2 Å². The molecule has 0 amide bonds. The van der Waals surface area contributed by atoms with Gasteiger partial charge in [0.25, 0.3) is 0 Å².